The molecular formula is C13H14N2OS. The number of amides is 1. The second-order valence-electron chi connectivity index (χ2n) is 3.84. The van der Waals surface area contributed by atoms with Crippen molar-refractivity contribution in [2.75, 3.05) is 11.1 Å². The van der Waals surface area contributed by atoms with Crippen molar-refractivity contribution in [3.05, 3.63) is 42.5 Å². The summed E-state index contributed by atoms with van der Waals surface area (Å²) < 4.78 is 0. The highest BCUT2D eigenvalue weighted by Gasteiger charge is 2.11. The average molecular weight is 246 g/mol. The lowest BCUT2D eigenvalue weighted by molar-refractivity contribution is -0.116. The fraction of sp³-hybridized carbons (Fsp3) is 0.154. The summed E-state index contributed by atoms with van der Waals surface area (Å²) in [5.74, 6) is 0.120. The van der Waals surface area contributed by atoms with Gasteiger partial charge in [0.25, 0.3) is 0 Å². The van der Waals surface area contributed by atoms with Crippen molar-refractivity contribution in [3.8, 4) is 0 Å². The van der Waals surface area contributed by atoms with Crippen molar-refractivity contribution < 1.29 is 4.79 Å². The lowest BCUT2D eigenvalue weighted by atomic mass is 10.1. The first kappa shape index (κ1) is 12.0. The van der Waals surface area contributed by atoms with E-state index >= 15 is 0 Å². The van der Waals surface area contributed by atoms with Crippen molar-refractivity contribution in [3.63, 3.8) is 0 Å². The second kappa shape index (κ2) is 5.21. The summed E-state index contributed by atoms with van der Waals surface area (Å²) in [5, 5.41) is 5.00. The van der Waals surface area contributed by atoms with Crippen LogP contribution < -0.4 is 11.1 Å². The summed E-state index contributed by atoms with van der Waals surface area (Å²) in [6, 6.07) is 13.2. The summed E-state index contributed by atoms with van der Waals surface area (Å²) >= 11 is 3.99. The van der Waals surface area contributed by atoms with Gasteiger partial charge in [0.15, 0.2) is 0 Å². The van der Waals surface area contributed by atoms with E-state index < -0.39 is 6.04 Å². The topological polar surface area (TPSA) is 55.1 Å². The summed E-state index contributed by atoms with van der Waals surface area (Å²) in [7, 11) is 0. The molecule has 3 N–H and O–H groups in total. The van der Waals surface area contributed by atoms with E-state index in [1.54, 1.807) is 0 Å². The van der Waals surface area contributed by atoms with Crippen molar-refractivity contribution in [1.29, 1.82) is 0 Å². The Morgan fingerprint density at radius 1 is 1.24 bits per heavy atom. The van der Waals surface area contributed by atoms with Crippen LogP contribution in [0.1, 0.15) is 0 Å². The molecule has 0 saturated carbocycles. The number of hydrogen-bond acceptors (Lipinski definition) is 3. The number of thiol groups is 1. The van der Waals surface area contributed by atoms with Crippen LogP contribution in [0.3, 0.4) is 0 Å². The van der Waals surface area contributed by atoms with E-state index in [9.17, 15) is 4.79 Å². The highest BCUT2D eigenvalue weighted by Crippen LogP contribution is 2.18. The molecule has 0 unspecified atom stereocenters. The zero-order valence-corrected chi connectivity index (χ0v) is 10.2. The van der Waals surface area contributed by atoms with Crippen LogP contribution in [0.5, 0.6) is 0 Å². The molecule has 17 heavy (non-hydrogen) atoms. The van der Waals surface area contributed by atoms with Crippen LogP contribution in [0.15, 0.2) is 42.5 Å². The van der Waals surface area contributed by atoms with E-state index in [4.69, 9.17) is 5.73 Å². The van der Waals surface area contributed by atoms with E-state index in [2.05, 4.69) is 17.9 Å². The maximum atomic E-state index is 11.6. The van der Waals surface area contributed by atoms with E-state index in [0.717, 1.165) is 16.5 Å². The Morgan fingerprint density at radius 3 is 2.65 bits per heavy atom. The largest absolute Gasteiger partial charge is 0.325 e. The molecular weight excluding hydrogens is 232 g/mol. The van der Waals surface area contributed by atoms with Crippen LogP contribution in [0.4, 0.5) is 5.69 Å². The van der Waals surface area contributed by atoms with Gasteiger partial charge in [-0.15, -0.1) is 0 Å². The van der Waals surface area contributed by atoms with Gasteiger partial charge in [-0.3, -0.25) is 4.79 Å². The van der Waals surface area contributed by atoms with Gasteiger partial charge in [-0.25, -0.2) is 0 Å². The minimum Gasteiger partial charge on any atom is -0.325 e. The van der Waals surface area contributed by atoms with Gasteiger partial charge in [0, 0.05) is 11.4 Å². The Bertz CT molecular complexity index is 542. The van der Waals surface area contributed by atoms with Gasteiger partial charge >= 0.3 is 0 Å². The quantitative estimate of drug-likeness (QED) is 0.726. The Hall–Kier alpha value is -1.52. The van der Waals surface area contributed by atoms with Crippen molar-refractivity contribution in [1.82, 2.24) is 0 Å². The predicted molar refractivity (Wildman–Crippen MR) is 74.4 cm³/mol. The number of hydrogen-bond donors (Lipinski definition) is 3. The first-order valence-corrected chi connectivity index (χ1v) is 6.00. The molecule has 0 aliphatic heterocycles. The molecule has 0 aromatic heterocycles. The maximum Gasteiger partial charge on any atom is 0.242 e. The molecule has 2 aromatic rings. The van der Waals surface area contributed by atoms with Crippen molar-refractivity contribution in [2.45, 2.75) is 6.04 Å². The number of rotatable bonds is 3. The fourth-order valence-corrected chi connectivity index (χ4v) is 1.75. The zero-order valence-electron chi connectivity index (χ0n) is 9.26. The highest BCUT2D eigenvalue weighted by molar-refractivity contribution is 7.80. The molecule has 3 nitrogen and oxygen atoms in total. The van der Waals surface area contributed by atoms with Crippen LogP contribution in [0.2, 0.25) is 0 Å². The molecule has 0 aliphatic carbocycles. The molecule has 1 amide bonds. The van der Waals surface area contributed by atoms with Gasteiger partial charge in [-0.2, -0.15) is 12.6 Å². The van der Waals surface area contributed by atoms with Crippen LogP contribution >= 0.6 is 12.6 Å². The third-order valence-electron chi connectivity index (χ3n) is 2.55. The minimum absolute atomic E-state index is 0.213. The molecule has 0 radical (unpaired) electrons. The standard InChI is InChI=1S/C13H14N2OS/c14-12(8-17)13(16)15-11-6-5-9-3-1-2-4-10(9)7-11/h1-7,12,17H,8,14H2,(H,15,16)/t12-/m0/s1. The van der Waals surface area contributed by atoms with Crippen molar-refractivity contribution in [2.24, 2.45) is 5.73 Å². The average Bonchev–Trinajstić information content (AvgIpc) is 2.37. The first-order valence-electron chi connectivity index (χ1n) is 5.37. The molecule has 0 saturated heterocycles. The maximum absolute atomic E-state index is 11.6. The molecule has 0 spiro atoms. The number of carbonyl (C=O) groups is 1. The van der Waals surface area contributed by atoms with Gasteiger partial charge in [0.1, 0.15) is 0 Å². The number of carbonyl (C=O) groups excluding carboxylic acids is 1. The van der Waals surface area contributed by atoms with E-state index in [1.165, 1.54) is 0 Å². The lowest BCUT2D eigenvalue weighted by Crippen LogP contribution is -2.37. The number of fused-ring (bicyclic) bond motifs is 1. The second-order valence-corrected chi connectivity index (χ2v) is 4.21. The molecule has 0 heterocycles. The monoisotopic (exact) mass is 246 g/mol. The summed E-state index contributed by atoms with van der Waals surface area (Å²) in [6.07, 6.45) is 0. The van der Waals surface area contributed by atoms with Crippen LogP contribution in [0.25, 0.3) is 10.8 Å². The van der Waals surface area contributed by atoms with Crippen LogP contribution in [-0.2, 0) is 4.79 Å². The van der Waals surface area contributed by atoms with Crippen LogP contribution in [-0.4, -0.2) is 17.7 Å². The molecule has 2 rings (SSSR count). The zero-order chi connectivity index (χ0) is 12.3. The van der Waals surface area contributed by atoms with Gasteiger partial charge in [-0.05, 0) is 22.9 Å². The summed E-state index contributed by atoms with van der Waals surface area (Å²) in [5.41, 5.74) is 6.34. The number of nitrogens with one attached hydrogen (secondary N) is 1. The predicted octanol–water partition coefficient (Wildman–Crippen LogP) is 2.04. The molecule has 0 fully saturated rings. The third kappa shape index (κ3) is 2.78. The Labute approximate surface area is 105 Å². The number of anilines is 1. The highest BCUT2D eigenvalue weighted by atomic mass is 32.1. The van der Waals surface area contributed by atoms with E-state index in [-0.39, 0.29) is 5.91 Å². The fourth-order valence-electron chi connectivity index (χ4n) is 1.58. The van der Waals surface area contributed by atoms with Gasteiger partial charge in [0.2, 0.25) is 5.91 Å². The van der Waals surface area contributed by atoms with Gasteiger partial charge in [0.05, 0.1) is 6.04 Å². The molecule has 0 bridgehead atoms. The molecule has 88 valence electrons. The smallest absolute Gasteiger partial charge is 0.242 e. The summed E-state index contributed by atoms with van der Waals surface area (Å²) in [4.78, 5) is 11.6. The van der Waals surface area contributed by atoms with Gasteiger partial charge < -0.3 is 11.1 Å². The molecule has 1 atom stereocenters. The summed E-state index contributed by atoms with van der Waals surface area (Å²) in [6.45, 7) is 0. The SMILES string of the molecule is N[C@@H](CS)C(=O)Nc1ccc2ccccc2c1. The van der Waals surface area contributed by atoms with E-state index in [0.29, 0.717) is 5.75 Å². The number of benzene rings is 2. The molecule has 4 heteroatoms. The van der Waals surface area contributed by atoms with Crippen molar-refractivity contribution >= 4 is 35.0 Å². The molecule has 2 aromatic carbocycles. The van der Waals surface area contributed by atoms with Gasteiger partial charge in [-0.1, -0.05) is 30.3 Å². The third-order valence-corrected chi connectivity index (χ3v) is 2.94. The molecule has 0 aliphatic rings. The first-order chi connectivity index (χ1) is 8.20. The Kier molecular flexibility index (Phi) is 3.66. The normalized spacial score (nSPS) is 12.4. The van der Waals surface area contributed by atoms with Crippen LogP contribution in [0, 0.1) is 0 Å². The lowest BCUT2D eigenvalue weighted by Gasteiger charge is -2.10. The Morgan fingerprint density at radius 2 is 1.94 bits per heavy atom. The Balaban J connectivity index is 2.22. The number of nitrogens with two attached hydrogens (primary N) is 1. The minimum atomic E-state index is -0.579. The van der Waals surface area contributed by atoms with E-state index in [1.807, 2.05) is 42.5 Å².